The molecule has 0 radical (unpaired) electrons. The monoisotopic (exact) mass is 272 g/mol. The number of imidazole rings is 1. The number of H-pyrrole nitrogens is 1. The Labute approximate surface area is 116 Å². The van der Waals surface area contributed by atoms with Gasteiger partial charge in [0.05, 0.1) is 11.0 Å². The third kappa shape index (κ3) is 2.21. The minimum Gasteiger partial charge on any atom is -0.331 e. The molecule has 0 amide bonds. The molecule has 3 rings (SSSR count). The normalized spacial score (nSPS) is 11.3. The van der Waals surface area contributed by atoms with E-state index in [0.29, 0.717) is 0 Å². The molecule has 98 valence electrons. The molecule has 0 spiro atoms. The lowest BCUT2D eigenvalue weighted by molar-refractivity contribution is 0.642. The standard InChI is InChI=1S/C14H16N4S/c1-10-3-4-13-12(9-10)16-14(19)18(13)8-6-11-5-7-15-17(11)2/h3-5,7,9H,6,8H2,1-2H3,(H,16,19). The lowest BCUT2D eigenvalue weighted by Gasteiger charge is -2.05. The van der Waals surface area contributed by atoms with E-state index in [9.17, 15) is 0 Å². The fourth-order valence-electron chi connectivity index (χ4n) is 2.37. The minimum absolute atomic E-state index is 0.780. The summed E-state index contributed by atoms with van der Waals surface area (Å²) in [6.07, 6.45) is 2.75. The van der Waals surface area contributed by atoms with Crippen molar-refractivity contribution in [2.24, 2.45) is 7.05 Å². The predicted octanol–water partition coefficient (Wildman–Crippen LogP) is 2.98. The number of nitrogens with zero attached hydrogens (tertiary/aromatic N) is 3. The summed E-state index contributed by atoms with van der Waals surface area (Å²) < 4.78 is 4.84. The van der Waals surface area contributed by atoms with Gasteiger partial charge in [0.25, 0.3) is 0 Å². The van der Waals surface area contributed by atoms with Crippen LogP contribution in [0.2, 0.25) is 0 Å². The van der Waals surface area contributed by atoms with Crippen LogP contribution in [0.4, 0.5) is 0 Å². The first-order valence-electron chi connectivity index (χ1n) is 6.31. The van der Waals surface area contributed by atoms with Gasteiger partial charge < -0.3 is 9.55 Å². The number of aromatic amines is 1. The van der Waals surface area contributed by atoms with Gasteiger partial charge in [0.15, 0.2) is 4.77 Å². The molecule has 0 aliphatic carbocycles. The van der Waals surface area contributed by atoms with Crippen molar-refractivity contribution in [3.8, 4) is 0 Å². The van der Waals surface area contributed by atoms with Crippen molar-refractivity contribution in [2.45, 2.75) is 19.9 Å². The highest BCUT2D eigenvalue weighted by molar-refractivity contribution is 7.71. The molecule has 0 aliphatic rings. The van der Waals surface area contributed by atoms with Crippen LogP contribution < -0.4 is 0 Å². The molecule has 0 aliphatic heterocycles. The quantitative estimate of drug-likeness (QED) is 0.744. The fraction of sp³-hybridized carbons (Fsp3) is 0.286. The summed E-state index contributed by atoms with van der Waals surface area (Å²) >= 11 is 5.41. The lowest BCUT2D eigenvalue weighted by atomic mass is 10.2. The molecule has 3 aromatic rings. The van der Waals surface area contributed by atoms with Crippen molar-refractivity contribution in [3.63, 3.8) is 0 Å². The second-order valence-electron chi connectivity index (χ2n) is 4.80. The van der Waals surface area contributed by atoms with Crippen LogP contribution in [0.15, 0.2) is 30.5 Å². The second kappa shape index (κ2) is 4.66. The third-order valence-electron chi connectivity index (χ3n) is 3.44. The van der Waals surface area contributed by atoms with E-state index in [0.717, 1.165) is 28.8 Å². The van der Waals surface area contributed by atoms with E-state index < -0.39 is 0 Å². The summed E-state index contributed by atoms with van der Waals surface area (Å²) in [4.78, 5) is 3.27. The van der Waals surface area contributed by atoms with Gasteiger partial charge in [0.1, 0.15) is 0 Å². The number of hydrogen-bond donors (Lipinski definition) is 1. The second-order valence-corrected chi connectivity index (χ2v) is 5.19. The minimum atomic E-state index is 0.780. The van der Waals surface area contributed by atoms with E-state index in [4.69, 9.17) is 12.2 Å². The van der Waals surface area contributed by atoms with Crippen molar-refractivity contribution in [1.82, 2.24) is 19.3 Å². The van der Waals surface area contributed by atoms with Gasteiger partial charge in [-0.3, -0.25) is 4.68 Å². The van der Waals surface area contributed by atoms with Crippen LogP contribution in [0, 0.1) is 11.7 Å². The highest BCUT2D eigenvalue weighted by atomic mass is 32.1. The first-order chi connectivity index (χ1) is 9.15. The molecular weight excluding hydrogens is 256 g/mol. The highest BCUT2D eigenvalue weighted by Gasteiger charge is 2.06. The van der Waals surface area contributed by atoms with Crippen LogP contribution in [0.25, 0.3) is 11.0 Å². The molecule has 0 atom stereocenters. The number of fused-ring (bicyclic) bond motifs is 1. The Morgan fingerprint density at radius 2 is 2.16 bits per heavy atom. The molecule has 19 heavy (non-hydrogen) atoms. The Kier molecular flexibility index (Phi) is 2.98. The zero-order chi connectivity index (χ0) is 13.4. The number of benzene rings is 1. The molecule has 0 fully saturated rings. The third-order valence-corrected chi connectivity index (χ3v) is 3.77. The summed E-state index contributed by atoms with van der Waals surface area (Å²) in [5.74, 6) is 0. The summed E-state index contributed by atoms with van der Waals surface area (Å²) in [6.45, 7) is 2.95. The molecule has 2 heterocycles. The first-order valence-corrected chi connectivity index (χ1v) is 6.72. The van der Waals surface area contributed by atoms with Gasteiger partial charge in [0, 0.05) is 31.9 Å². The van der Waals surface area contributed by atoms with Crippen molar-refractivity contribution in [1.29, 1.82) is 0 Å². The van der Waals surface area contributed by atoms with E-state index in [2.05, 4.69) is 39.8 Å². The molecule has 1 N–H and O–H groups in total. The number of rotatable bonds is 3. The van der Waals surface area contributed by atoms with Gasteiger partial charge >= 0.3 is 0 Å². The van der Waals surface area contributed by atoms with Gasteiger partial charge in [-0.15, -0.1) is 0 Å². The van der Waals surface area contributed by atoms with Gasteiger partial charge in [0.2, 0.25) is 0 Å². The Morgan fingerprint density at radius 1 is 1.32 bits per heavy atom. The van der Waals surface area contributed by atoms with E-state index in [1.807, 2.05) is 24.0 Å². The van der Waals surface area contributed by atoms with Gasteiger partial charge in [-0.05, 0) is 42.9 Å². The SMILES string of the molecule is Cc1ccc2c(c1)[nH]c(=S)n2CCc1ccnn1C. The van der Waals surface area contributed by atoms with Gasteiger partial charge in [-0.2, -0.15) is 5.10 Å². The Bertz CT molecular complexity index is 778. The van der Waals surface area contributed by atoms with Gasteiger partial charge in [-0.1, -0.05) is 6.07 Å². The molecule has 2 aromatic heterocycles. The molecule has 0 unspecified atom stereocenters. The average Bonchev–Trinajstić information content (AvgIpc) is 2.90. The first kappa shape index (κ1) is 12.2. The Balaban J connectivity index is 1.95. The number of hydrogen-bond acceptors (Lipinski definition) is 2. The van der Waals surface area contributed by atoms with Crippen LogP contribution in [-0.4, -0.2) is 19.3 Å². The molecule has 4 nitrogen and oxygen atoms in total. The van der Waals surface area contributed by atoms with Crippen molar-refractivity contribution >= 4 is 23.3 Å². The zero-order valence-electron chi connectivity index (χ0n) is 11.1. The van der Waals surface area contributed by atoms with Crippen LogP contribution >= 0.6 is 12.2 Å². The van der Waals surface area contributed by atoms with Crippen LogP contribution in [0.5, 0.6) is 0 Å². The number of nitrogens with one attached hydrogen (secondary N) is 1. The largest absolute Gasteiger partial charge is 0.331 e. The summed E-state index contributed by atoms with van der Waals surface area (Å²) in [6, 6.07) is 8.42. The van der Waals surface area contributed by atoms with E-state index in [-0.39, 0.29) is 0 Å². The Morgan fingerprint density at radius 3 is 2.89 bits per heavy atom. The molecular formula is C14H16N4S. The highest BCUT2D eigenvalue weighted by Crippen LogP contribution is 2.16. The summed E-state index contributed by atoms with van der Waals surface area (Å²) in [5, 5.41) is 4.19. The lowest BCUT2D eigenvalue weighted by Crippen LogP contribution is -2.05. The van der Waals surface area contributed by atoms with E-state index in [1.54, 1.807) is 0 Å². The zero-order valence-corrected chi connectivity index (χ0v) is 11.9. The van der Waals surface area contributed by atoms with Gasteiger partial charge in [-0.25, -0.2) is 0 Å². The van der Waals surface area contributed by atoms with Crippen LogP contribution in [-0.2, 0) is 20.0 Å². The van der Waals surface area contributed by atoms with E-state index in [1.165, 1.54) is 11.3 Å². The predicted molar refractivity (Wildman–Crippen MR) is 78.8 cm³/mol. The molecule has 1 aromatic carbocycles. The summed E-state index contributed by atoms with van der Waals surface area (Å²) in [5.41, 5.74) is 4.72. The molecule has 0 saturated carbocycles. The fourth-order valence-corrected chi connectivity index (χ4v) is 2.67. The van der Waals surface area contributed by atoms with Crippen molar-refractivity contribution in [3.05, 3.63) is 46.5 Å². The molecule has 5 heteroatoms. The Hall–Kier alpha value is -1.88. The molecule has 0 bridgehead atoms. The van der Waals surface area contributed by atoms with Crippen molar-refractivity contribution < 1.29 is 0 Å². The number of aryl methyl sites for hydroxylation is 4. The van der Waals surface area contributed by atoms with Crippen LogP contribution in [0.1, 0.15) is 11.3 Å². The smallest absolute Gasteiger partial charge is 0.178 e. The van der Waals surface area contributed by atoms with Crippen LogP contribution in [0.3, 0.4) is 0 Å². The maximum atomic E-state index is 5.41. The topological polar surface area (TPSA) is 38.5 Å². The maximum absolute atomic E-state index is 5.41. The maximum Gasteiger partial charge on any atom is 0.178 e. The average molecular weight is 272 g/mol. The van der Waals surface area contributed by atoms with E-state index >= 15 is 0 Å². The number of aromatic nitrogens is 4. The van der Waals surface area contributed by atoms with Crippen molar-refractivity contribution in [2.75, 3.05) is 0 Å². The molecule has 0 saturated heterocycles. The summed E-state index contributed by atoms with van der Waals surface area (Å²) in [7, 11) is 1.97.